The Morgan fingerprint density at radius 3 is 2.42 bits per heavy atom. The van der Waals surface area contributed by atoms with Gasteiger partial charge in [-0.1, -0.05) is 23.9 Å². The summed E-state index contributed by atoms with van der Waals surface area (Å²) in [5.41, 5.74) is 0.427. The molecule has 0 spiro atoms. The van der Waals surface area contributed by atoms with Crippen molar-refractivity contribution in [1.82, 2.24) is 10.2 Å². The number of ether oxygens (including phenoxy) is 1. The van der Waals surface area contributed by atoms with Gasteiger partial charge in [0, 0.05) is 29.4 Å². The maximum Gasteiger partial charge on any atom is 0.416 e. The maximum atomic E-state index is 13.5. The number of hydrogen-bond acceptors (Lipinski definition) is 5. The summed E-state index contributed by atoms with van der Waals surface area (Å²) in [5, 5.41) is 2.91. The van der Waals surface area contributed by atoms with Crippen LogP contribution in [-0.4, -0.2) is 42.4 Å². The second-order valence-electron chi connectivity index (χ2n) is 10.5. The number of alkyl carbamates (subject to hydrolysis) is 1. The molecule has 196 valence electrons. The van der Waals surface area contributed by atoms with E-state index >= 15 is 0 Å². The molecule has 0 saturated carbocycles. The SMILES string of the molecule is CC(NC(=O)OC(C)(C)C)N1CCC(CCN2c3ccccc3Sc3ccc(C(F)(F)F)cc32)CC1. The van der Waals surface area contributed by atoms with Gasteiger partial charge in [0.15, 0.2) is 0 Å². The summed E-state index contributed by atoms with van der Waals surface area (Å²) in [4.78, 5) is 18.3. The van der Waals surface area contributed by atoms with E-state index in [1.807, 2.05) is 52.0 Å². The standard InChI is InChI=1S/C27H34F3N3O2S/c1-18(31-25(34)35-26(2,3)4)32-14-11-19(12-15-32)13-16-33-21-7-5-6-8-23(21)36-24-10-9-20(17-22(24)33)27(28,29)30/h5-10,17-19H,11-16H2,1-4H3,(H,31,34). The number of para-hydroxylation sites is 1. The van der Waals surface area contributed by atoms with E-state index in [9.17, 15) is 18.0 Å². The van der Waals surface area contributed by atoms with Crippen LogP contribution in [0, 0.1) is 5.92 Å². The number of amides is 1. The number of carbonyl (C=O) groups is 1. The summed E-state index contributed by atoms with van der Waals surface area (Å²) in [6, 6.07) is 11.9. The zero-order valence-electron chi connectivity index (χ0n) is 21.2. The molecule has 1 amide bonds. The highest BCUT2D eigenvalue weighted by atomic mass is 32.2. The number of fused-ring (bicyclic) bond motifs is 2. The molecule has 1 saturated heterocycles. The van der Waals surface area contributed by atoms with Crippen LogP contribution in [0.2, 0.25) is 0 Å². The molecule has 2 aromatic carbocycles. The Morgan fingerprint density at radius 1 is 1.08 bits per heavy atom. The van der Waals surface area contributed by atoms with Crippen LogP contribution in [-0.2, 0) is 10.9 Å². The summed E-state index contributed by atoms with van der Waals surface area (Å²) in [6.45, 7) is 9.83. The van der Waals surface area contributed by atoms with Gasteiger partial charge in [-0.15, -0.1) is 0 Å². The van der Waals surface area contributed by atoms with Crippen molar-refractivity contribution in [2.45, 2.75) is 74.7 Å². The van der Waals surface area contributed by atoms with E-state index in [2.05, 4.69) is 15.1 Å². The highest BCUT2D eigenvalue weighted by molar-refractivity contribution is 7.99. The Morgan fingerprint density at radius 2 is 1.75 bits per heavy atom. The normalized spacial score (nSPS) is 17.8. The third kappa shape index (κ3) is 6.48. The van der Waals surface area contributed by atoms with Crippen molar-refractivity contribution in [3.05, 3.63) is 48.0 Å². The number of anilines is 2. The lowest BCUT2D eigenvalue weighted by Crippen LogP contribution is -2.50. The van der Waals surface area contributed by atoms with E-state index in [1.54, 1.807) is 6.07 Å². The molecule has 36 heavy (non-hydrogen) atoms. The fourth-order valence-corrected chi connectivity index (χ4v) is 5.83. The number of piperidine rings is 1. The Balaban J connectivity index is 1.39. The van der Waals surface area contributed by atoms with Gasteiger partial charge in [-0.2, -0.15) is 13.2 Å². The molecule has 0 radical (unpaired) electrons. The lowest BCUT2D eigenvalue weighted by Gasteiger charge is -2.38. The molecule has 0 bridgehead atoms. The first-order valence-electron chi connectivity index (χ1n) is 12.4. The summed E-state index contributed by atoms with van der Waals surface area (Å²) < 4.78 is 45.7. The first-order valence-corrected chi connectivity index (χ1v) is 13.2. The highest BCUT2D eigenvalue weighted by Gasteiger charge is 2.34. The minimum atomic E-state index is -4.38. The van der Waals surface area contributed by atoms with Gasteiger partial charge in [-0.05, 0) is 83.2 Å². The first kappa shape index (κ1) is 26.7. The van der Waals surface area contributed by atoms with E-state index in [0.717, 1.165) is 47.8 Å². The Kier molecular flexibility index (Phi) is 7.80. The lowest BCUT2D eigenvalue weighted by molar-refractivity contribution is -0.137. The minimum Gasteiger partial charge on any atom is -0.444 e. The number of nitrogens with one attached hydrogen (secondary N) is 1. The fraction of sp³-hybridized carbons (Fsp3) is 0.519. The number of nitrogens with zero attached hydrogens (tertiary/aromatic N) is 2. The van der Waals surface area contributed by atoms with Crippen molar-refractivity contribution < 1.29 is 22.7 Å². The van der Waals surface area contributed by atoms with Gasteiger partial charge >= 0.3 is 12.3 Å². The maximum absolute atomic E-state index is 13.5. The largest absolute Gasteiger partial charge is 0.444 e. The molecule has 0 aliphatic carbocycles. The zero-order chi connectivity index (χ0) is 26.1. The van der Waals surface area contributed by atoms with E-state index < -0.39 is 23.4 Å². The van der Waals surface area contributed by atoms with Gasteiger partial charge < -0.3 is 15.0 Å². The van der Waals surface area contributed by atoms with Crippen molar-refractivity contribution in [3.8, 4) is 0 Å². The first-order chi connectivity index (χ1) is 16.9. The average Bonchev–Trinajstić information content (AvgIpc) is 2.80. The van der Waals surface area contributed by atoms with Gasteiger partial charge in [0.1, 0.15) is 5.60 Å². The van der Waals surface area contributed by atoms with Crippen molar-refractivity contribution in [2.75, 3.05) is 24.5 Å². The average molecular weight is 522 g/mol. The molecule has 0 aromatic heterocycles. The number of alkyl halides is 3. The molecule has 2 heterocycles. The smallest absolute Gasteiger partial charge is 0.416 e. The minimum absolute atomic E-state index is 0.125. The second kappa shape index (κ2) is 10.5. The number of benzene rings is 2. The molecular formula is C27H34F3N3O2S. The fourth-order valence-electron chi connectivity index (χ4n) is 4.76. The van der Waals surface area contributed by atoms with Crippen LogP contribution in [0.3, 0.4) is 0 Å². The van der Waals surface area contributed by atoms with Crippen molar-refractivity contribution in [3.63, 3.8) is 0 Å². The Hall–Kier alpha value is -2.39. The van der Waals surface area contributed by atoms with Crippen LogP contribution in [0.4, 0.5) is 29.3 Å². The van der Waals surface area contributed by atoms with Crippen molar-refractivity contribution >= 4 is 29.2 Å². The van der Waals surface area contributed by atoms with Gasteiger partial charge in [0.25, 0.3) is 0 Å². The third-order valence-electron chi connectivity index (χ3n) is 6.64. The molecule has 2 aromatic rings. The van der Waals surface area contributed by atoms with Crippen LogP contribution >= 0.6 is 11.8 Å². The van der Waals surface area contributed by atoms with Gasteiger partial charge in [-0.25, -0.2) is 4.79 Å². The number of carbonyl (C=O) groups excluding carboxylic acids is 1. The molecule has 4 rings (SSSR count). The van der Waals surface area contributed by atoms with Gasteiger partial charge in [0.2, 0.25) is 0 Å². The molecule has 1 unspecified atom stereocenters. The lowest BCUT2D eigenvalue weighted by atomic mass is 9.93. The summed E-state index contributed by atoms with van der Waals surface area (Å²) in [7, 11) is 0. The molecule has 9 heteroatoms. The molecule has 1 fully saturated rings. The van der Waals surface area contributed by atoms with E-state index in [1.165, 1.54) is 23.9 Å². The van der Waals surface area contributed by atoms with Crippen molar-refractivity contribution in [2.24, 2.45) is 5.92 Å². The summed E-state index contributed by atoms with van der Waals surface area (Å²) in [6.07, 6.45) is -2.09. The van der Waals surface area contributed by atoms with E-state index in [-0.39, 0.29) is 6.17 Å². The number of hydrogen-bond donors (Lipinski definition) is 1. The van der Waals surface area contributed by atoms with Crippen LogP contribution in [0.25, 0.3) is 0 Å². The molecule has 2 aliphatic heterocycles. The number of halogens is 3. The molecular weight excluding hydrogens is 487 g/mol. The summed E-state index contributed by atoms with van der Waals surface area (Å²) >= 11 is 1.52. The summed E-state index contributed by atoms with van der Waals surface area (Å²) in [5.74, 6) is 0.464. The van der Waals surface area contributed by atoms with Crippen molar-refractivity contribution in [1.29, 1.82) is 0 Å². The van der Waals surface area contributed by atoms with E-state index in [4.69, 9.17) is 4.74 Å². The molecule has 1 atom stereocenters. The molecule has 1 N–H and O–H groups in total. The molecule has 5 nitrogen and oxygen atoms in total. The quantitative estimate of drug-likeness (QED) is 0.448. The second-order valence-corrected chi connectivity index (χ2v) is 11.6. The number of likely N-dealkylation sites (tertiary alicyclic amines) is 1. The number of rotatable bonds is 5. The van der Waals surface area contributed by atoms with E-state index in [0.29, 0.717) is 18.2 Å². The predicted octanol–water partition coefficient (Wildman–Crippen LogP) is 7.28. The van der Waals surface area contributed by atoms with Gasteiger partial charge in [0.05, 0.1) is 23.1 Å². The Bertz CT molecular complexity index is 1080. The Labute approximate surface area is 215 Å². The van der Waals surface area contributed by atoms with Crippen LogP contribution < -0.4 is 10.2 Å². The highest BCUT2D eigenvalue weighted by Crippen LogP contribution is 2.49. The third-order valence-corrected chi connectivity index (χ3v) is 7.77. The van der Waals surface area contributed by atoms with Gasteiger partial charge in [-0.3, -0.25) is 4.90 Å². The van der Waals surface area contributed by atoms with Crippen LogP contribution in [0.15, 0.2) is 52.3 Å². The molecule has 2 aliphatic rings. The monoisotopic (exact) mass is 521 g/mol. The predicted molar refractivity (Wildman–Crippen MR) is 137 cm³/mol. The topological polar surface area (TPSA) is 44.8 Å². The van der Waals surface area contributed by atoms with Crippen LogP contribution in [0.5, 0.6) is 0 Å². The zero-order valence-corrected chi connectivity index (χ0v) is 22.0. The van der Waals surface area contributed by atoms with Crippen LogP contribution in [0.1, 0.15) is 52.5 Å².